The van der Waals surface area contributed by atoms with Crippen LogP contribution in [0.2, 0.25) is 0 Å². The van der Waals surface area contributed by atoms with Gasteiger partial charge in [-0.3, -0.25) is 9.59 Å². The van der Waals surface area contributed by atoms with Gasteiger partial charge in [0.15, 0.2) is 0 Å². The maximum Gasteiger partial charge on any atom is 0.308 e. The molecule has 23 heavy (non-hydrogen) atoms. The van der Waals surface area contributed by atoms with E-state index in [9.17, 15) is 9.59 Å². The molecule has 1 aliphatic heterocycles. The van der Waals surface area contributed by atoms with Crippen LogP contribution in [0.1, 0.15) is 38.1 Å². The molecule has 2 aromatic heterocycles. The van der Waals surface area contributed by atoms with E-state index in [1.54, 1.807) is 18.3 Å². The first-order valence-corrected chi connectivity index (χ1v) is 9.74. The highest BCUT2D eigenvalue weighted by Crippen LogP contribution is 2.40. The Hall–Kier alpha value is -1.34. The van der Waals surface area contributed by atoms with Crippen LogP contribution in [0.25, 0.3) is 10.2 Å². The van der Waals surface area contributed by atoms with Gasteiger partial charge in [0.25, 0.3) is 5.56 Å². The number of aryl methyl sites for hydroxylation is 2. The highest BCUT2D eigenvalue weighted by Gasteiger charge is 2.21. The largest absolute Gasteiger partial charge is 0.466 e. The number of aromatic amines is 1. The van der Waals surface area contributed by atoms with Crippen LogP contribution < -0.4 is 5.56 Å². The van der Waals surface area contributed by atoms with Gasteiger partial charge in [-0.1, -0.05) is 6.92 Å². The van der Waals surface area contributed by atoms with Crippen molar-refractivity contribution in [1.82, 2.24) is 9.97 Å². The number of thiophene rings is 1. The summed E-state index contributed by atoms with van der Waals surface area (Å²) in [6.07, 6.45) is 3.27. The van der Waals surface area contributed by atoms with Gasteiger partial charge < -0.3 is 9.72 Å². The zero-order valence-corrected chi connectivity index (χ0v) is 14.9. The van der Waals surface area contributed by atoms with Gasteiger partial charge in [0.2, 0.25) is 0 Å². The number of carbonyl (C=O) groups excluding carboxylic acids is 1. The number of ether oxygens (including phenoxy) is 1. The van der Waals surface area contributed by atoms with Crippen molar-refractivity contribution in [3.8, 4) is 0 Å². The average molecular weight is 352 g/mol. The number of hydrogen-bond donors (Lipinski definition) is 1. The Bertz CT molecular complexity index is 781. The predicted octanol–water partition coefficient (Wildman–Crippen LogP) is 3.15. The van der Waals surface area contributed by atoms with E-state index < -0.39 is 0 Å². The molecule has 5 nitrogen and oxygen atoms in total. The first-order valence-electron chi connectivity index (χ1n) is 7.94. The third-order valence-corrected chi connectivity index (χ3v) is 6.51. The van der Waals surface area contributed by atoms with E-state index in [2.05, 4.69) is 9.97 Å². The van der Waals surface area contributed by atoms with Gasteiger partial charge in [-0.2, -0.15) is 0 Å². The number of nitrogens with one attached hydrogen (secondary N) is 1. The molecular weight excluding hydrogens is 332 g/mol. The third-order valence-electron chi connectivity index (χ3n) is 3.98. The second-order valence-electron chi connectivity index (χ2n) is 5.70. The summed E-state index contributed by atoms with van der Waals surface area (Å²) in [5.74, 6) is 1.38. The molecule has 0 bridgehead atoms. The summed E-state index contributed by atoms with van der Waals surface area (Å²) in [5.41, 5.74) is 1.12. The third kappa shape index (κ3) is 3.45. The fourth-order valence-electron chi connectivity index (χ4n) is 2.72. The van der Waals surface area contributed by atoms with Gasteiger partial charge in [0.05, 0.1) is 22.1 Å². The van der Waals surface area contributed by atoms with E-state index >= 15 is 0 Å². The number of aromatic nitrogens is 2. The SMILES string of the molecule is CCOC(=O)C(C)CCc1nc2sc3c(c2c(=O)[nH]1)CCCS3. The Morgan fingerprint density at radius 2 is 2.30 bits per heavy atom. The van der Waals surface area contributed by atoms with Crippen LogP contribution in [0.4, 0.5) is 0 Å². The molecule has 1 atom stereocenters. The fourth-order valence-corrected chi connectivity index (χ4v) is 5.27. The summed E-state index contributed by atoms with van der Waals surface area (Å²) in [6, 6.07) is 0. The lowest BCUT2D eigenvalue weighted by Gasteiger charge is -2.10. The molecular formula is C16H20N2O3S2. The van der Waals surface area contributed by atoms with Gasteiger partial charge in [-0.25, -0.2) is 4.98 Å². The summed E-state index contributed by atoms with van der Waals surface area (Å²) >= 11 is 3.44. The van der Waals surface area contributed by atoms with Crippen molar-refractivity contribution in [3.63, 3.8) is 0 Å². The normalized spacial score (nSPS) is 15.4. The molecule has 0 fully saturated rings. The van der Waals surface area contributed by atoms with E-state index in [0.717, 1.165) is 28.8 Å². The van der Waals surface area contributed by atoms with Crippen LogP contribution >= 0.6 is 23.1 Å². The highest BCUT2D eigenvalue weighted by atomic mass is 32.2. The maximum absolute atomic E-state index is 12.4. The van der Waals surface area contributed by atoms with Crippen molar-refractivity contribution in [2.45, 2.75) is 43.7 Å². The van der Waals surface area contributed by atoms with Crippen LogP contribution in [-0.4, -0.2) is 28.3 Å². The van der Waals surface area contributed by atoms with Gasteiger partial charge in [-0.05, 0) is 37.5 Å². The average Bonchev–Trinajstić information content (AvgIpc) is 2.91. The van der Waals surface area contributed by atoms with Crippen LogP contribution in [0.5, 0.6) is 0 Å². The topological polar surface area (TPSA) is 72.0 Å². The van der Waals surface area contributed by atoms with E-state index in [4.69, 9.17) is 4.74 Å². The predicted molar refractivity (Wildman–Crippen MR) is 93.4 cm³/mol. The van der Waals surface area contributed by atoms with Gasteiger partial charge in [-0.15, -0.1) is 23.1 Å². The number of H-pyrrole nitrogens is 1. The minimum absolute atomic E-state index is 0.0474. The van der Waals surface area contributed by atoms with E-state index in [1.807, 2.05) is 18.7 Å². The summed E-state index contributed by atoms with van der Waals surface area (Å²) in [7, 11) is 0. The van der Waals surface area contributed by atoms with Crippen molar-refractivity contribution in [2.75, 3.05) is 12.4 Å². The summed E-state index contributed by atoms with van der Waals surface area (Å²) in [5, 5.41) is 0.763. The van der Waals surface area contributed by atoms with Crippen molar-refractivity contribution in [2.24, 2.45) is 5.92 Å². The van der Waals surface area contributed by atoms with E-state index in [1.165, 1.54) is 9.77 Å². The molecule has 0 saturated heterocycles. The lowest BCUT2D eigenvalue weighted by atomic mass is 10.1. The first kappa shape index (κ1) is 16.5. The van der Waals surface area contributed by atoms with E-state index in [0.29, 0.717) is 25.3 Å². The Kier molecular flexibility index (Phi) is 5.06. The lowest BCUT2D eigenvalue weighted by molar-refractivity contribution is -0.147. The van der Waals surface area contributed by atoms with Crippen molar-refractivity contribution >= 4 is 39.3 Å². The molecule has 3 heterocycles. The molecule has 124 valence electrons. The summed E-state index contributed by atoms with van der Waals surface area (Å²) < 4.78 is 6.25. The quantitative estimate of drug-likeness (QED) is 0.837. The Balaban J connectivity index is 1.80. The standard InChI is InChI=1S/C16H20N2O3S2/c1-3-21-15(20)9(2)6-7-11-17-13(19)12-10-5-4-8-22-16(10)23-14(12)18-11/h9H,3-8H2,1-2H3,(H,17,18,19). The number of nitrogens with zero attached hydrogens (tertiary/aromatic N) is 1. The Labute approximate surface area is 142 Å². The highest BCUT2D eigenvalue weighted by molar-refractivity contribution is 8.01. The van der Waals surface area contributed by atoms with Crippen LogP contribution in [-0.2, 0) is 22.4 Å². The molecule has 0 aliphatic carbocycles. The van der Waals surface area contributed by atoms with Crippen molar-refractivity contribution in [1.29, 1.82) is 0 Å². The molecule has 2 aromatic rings. The summed E-state index contributed by atoms with van der Waals surface area (Å²) in [4.78, 5) is 32.4. The number of carbonyl (C=O) groups is 1. The van der Waals surface area contributed by atoms with Gasteiger partial charge in [0.1, 0.15) is 10.7 Å². The molecule has 0 amide bonds. The molecule has 1 aliphatic rings. The molecule has 1 N–H and O–H groups in total. The zero-order valence-electron chi connectivity index (χ0n) is 13.3. The molecule has 7 heteroatoms. The fraction of sp³-hybridized carbons (Fsp3) is 0.562. The molecule has 0 aromatic carbocycles. The molecule has 1 unspecified atom stereocenters. The summed E-state index contributed by atoms with van der Waals surface area (Å²) in [6.45, 7) is 4.03. The second kappa shape index (κ2) is 7.05. The lowest BCUT2D eigenvalue weighted by Crippen LogP contribution is -2.17. The second-order valence-corrected chi connectivity index (χ2v) is 8.07. The molecule has 0 radical (unpaired) electrons. The Morgan fingerprint density at radius 1 is 1.48 bits per heavy atom. The van der Waals surface area contributed by atoms with Crippen LogP contribution in [0.3, 0.4) is 0 Å². The molecule has 3 rings (SSSR count). The zero-order chi connectivity index (χ0) is 16.4. The number of hydrogen-bond acceptors (Lipinski definition) is 6. The molecule has 0 spiro atoms. The maximum atomic E-state index is 12.4. The van der Waals surface area contributed by atoms with Gasteiger partial charge in [0, 0.05) is 6.42 Å². The van der Waals surface area contributed by atoms with E-state index in [-0.39, 0.29) is 17.4 Å². The first-order chi connectivity index (χ1) is 11.1. The minimum atomic E-state index is -0.195. The Morgan fingerprint density at radius 3 is 3.09 bits per heavy atom. The van der Waals surface area contributed by atoms with Crippen LogP contribution in [0, 0.1) is 5.92 Å². The smallest absolute Gasteiger partial charge is 0.308 e. The van der Waals surface area contributed by atoms with Gasteiger partial charge >= 0.3 is 5.97 Å². The number of thioether (sulfide) groups is 1. The van der Waals surface area contributed by atoms with Crippen LogP contribution in [0.15, 0.2) is 9.00 Å². The molecule has 0 saturated carbocycles. The van der Waals surface area contributed by atoms with Crippen molar-refractivity contribution in [3.05, 3.63) is 21.7 Å². The minimum Gasteiger partial charge on any atom is -0.466 e. The number of rotatable bonds is 5. The number of fused-ring (bicyclic) bond motifs is 3. The number of esters is 1. The monoisotopic (exact) mass is 352 g/mol. The van der Waals surface area contributed by atoms with Crippen molar-refractivity contribution < 1.29 is 9.53 Å².